The van der Waals surface area contributed by atoms with Gasteiger partial charge in [0.25, 0.3) is 0 Å². The number of hydrogen-bond acceptors (Lipinski definition) is 1. The molecule has 0 atom stereocenters. The topological polar surface area (TPSA) is 17.1 Å². The maximum Gasteiger partial charge on any atom is 0.132 e. The monoisotopic (exact) mass is 196 g/mol. The average Bonchev–Trinajstić information content (AvgIpc) is 2.02. The van der Waals surface area contributed by atoms with Gasteiger partial charge < -0.3 is 0 Å². The Kier molecular flexibility index (Phi) is 3.08. The van der Waals surface area contributed by atoms with Crippen LogP contribution in [0, 0.1) is 16.7 Å². The van der Waals surface area contributed by atoms with Crippen LogP contribution in [-0.4, -0.2) is 5.78 Å². The molecule has 1 heteroatoms. The van der Waals surface area contributed by atoms with E-state index in [1.54, 1.807) is 0 Å². The highest BCUT2D eigenvalue weighted by molar-refractivity contribution is 5.79. The summed E-state index contributed by atoms with van der Waals surface area (Å²) in [6, 6.07) is 0. The van der Waals surface area contributed by atoms with Crippen molar-refractivity contribution in [1.29, 1.82) is 0 Å². The lowest BCUT2D eigenvalue weighted by Gasteiger charge is -2.50. The Bertz CT molecular complexity index is 210. The van der Waals surface area contributed by atoms with Crippen LogP contribution in [0.1, 0.15) is 60.3 Å². The fourth-order valence-electron chi connectivity index (χ4n) is 3.17. The lowest BCUT2D eigenvalue weighted by Crippen LogP contribution is -2.43. The molecule has 1 saturated carbocycles. The van der Waals surface area contributed by atoms with Gasteiger partial charge in [-0.1, -0.05) is 34.6 Å². The summed E-state index contributed by atoms with van der Waals surface area (Å²) in [7, 11) is 0. The van der Waals surface area contributed by atoms with Gasteiger partial charge in [0.05, 0.1) is 0 Å². The van der Waals surface area contributed by atoms with Gasteiger partial charge in [0.15, 0.2) is 0 Å². The van der Waals surface area contributed by atoms with E-state index in [9.17, 15) is 4.79 Å². The molecule has 1 aliphatic carbocycles. The van der Waals surface area contributed by atoms with Crippen LogP contribution in [-0.2, 0) is 4.79 Å². The first-order valence-electron chi connectivity index (χ1n) is 5.81. The van der Waals surface area contributed by atoms with E-state index < -0.39 is 0 Å². The van der Waals surface area contributed by atoms with Crippen molar-refractivity contribution in [2.75, 3.05) is 0 Å². The Balaban J connectivity index is 2.90. The van der Waals surface area contributed by atoms with Crippen LogP contribution >= 0.6 is 0 Å². The van der Waals surface area contributed by atoms with Gasteiger partial charge in [0.1, 0.15) is 5.78 Å². The molecule has 0 N–H and O–H groups in total. The third-order valence-corrected chi connectivity index (χ3v) is 4.30. The van der Waals surface area contributed by atoms with Crippen LogP contribution in [0.25, 0.3) is 0 Å². The fraction of sp³-hybridized carbons (Fsp3) is 0.923. The highest BCUT2D eigenvalue weighted by Crippen LogP contribution is 2.53. The lowest BCUT2D eigenvalue weighted by atomic mass is 9.54. The zero-order chi connectivity index (χ0) is 11.0. The average molecular weight is 196 g/mol. The summed E-state index contributed by atoms with van der Waals surface area (Å²) in [5.41, 5.74) is 0.697. The molecule has 82 valence electrons. The largest absolute Gasteiger partial charge is 0.300 e. The van der Waals surface area contributed by atoms with Crippen LogP contribution in [0.15, 0.2) is 0 Å². The van der Waals surface area contributed by atoms with Crippen molar-refractivity contribution in [2.24, 2.45) is 16.7 Å². The third-order valence-electron chi connectivity index (χ3n) is 4.30. The predicted octanol–water partition coefficient (Wildman–Crippen LogP) is 3.82. The van der Waals surface area contributed by atoms with Gasteiger partial charge in [-0.25, -0.2) is 0 Å². The van der Waals surface area contributed by atoms with Crippen LogP contribution in [0.5, 0.6) is 0 Å². The summed E-state index contributed by atoms with van der Waals surface area (Å²) in [6.45, 7) is 11.6. The zero-order valence-electron chi connectivity index (χ0n) is 10.3. The smallest absolute Gasteiger partial charge is 0.132 e. The Labute approximate surface area is 88.3 Å². The maximum absolute atomic E-state index is 11.3. The number of carbonyl (C=O) groups excluding carboxylic acids is 1. The van der Waals surface area contributed by atoms with E-state index in [1.807, 2.05) is 0 Å². The Hall–Kier alpha value is -0.330. The van der Waals surface area contributed by atoms with Gasteiger partial charge in [-0.3, -0.25) is 4.79 Å². The molecule has 1 nitrogen and oxygen atoms in total. The Morgan fingerprint density at radius 1 is 1.14 bits per heavy atom. The minimum atomic E-state index is 0.321. The van der Waals surface area contributed by atoms with Gasteiger partial charge in [-0.15, -0.1) is 0 Å². The number of hydrogen-bond donors (Lipinski definition) is 0. The first kappa shape index (κ1) is 11.7. The van der Waals surface area contributed by atoms with Crippen molar-refractivity contribution in [2.45, 2.75) is 60.3 Å². The SMILES string of the molecule is CC(C)C1(C(C)(C)C)CCC(=O)CC1. The van der Waals surface area contributed by atoms with E-state index in [0.29, 0.717) is 22.5 Å². The molecule has 0 saturated heterocycles. The number of rotatable bonds is 1. The second kappa shape index (κ2) is 3.67. The molecule has 0 aromatic heterocycles. The predicted molar refractivity (Wildman–Crippen MR) is 60.2 cm³/mol. The third kappa shape index (κ3) is 1.87. The van der Waals surface area contributed by atoms with E-state index in [2.05, 4.69) is 34.6 Å². The molecular formula is C13H24O. The maximum atomic E-state index is 11.3. The number of carbonyl (C=O) groups is 1. The molecule has 0 aliphatic heterocycles. The first-order valence-corrected chi connectivity index (χ1v) is 5.81. The van der Waals surface area contributed by atoms with E-state index in [-0.39, 0.29) is 0 Å². The molecule has 0 aromatic rings. The van der Waals surface area contributed by atoms with E-state index in [0.717, 1.165) is 25.7 Å². The highest BCUT2D eigenvalue weighted by atomic mass is 16.1. The van der Waals surface area contributed by atoms with Crippen molar-refractivity contribution < 1.29 is 4.79 Å². The van der Waals surface area contributed by atoms with E-state index in [4.69, 9.17) is 0 Å². The summed E-state index contributed by atoms with van der Waals surface area (Å²) in [4.78, 5) is 11.3. The fourth-order valence-corrected chi connectivity index (χ4v) is 3.17. The van der Waals surface area contributed by atoms with Crippen molar-refractivity contribution in [1.82, 2.24) is 0 Å². The number of ketones is 1. The summed E-state index contributed by atoms with van der Waals surface area (Å²) in [5.74, 6) is 1.14. The van der Waals surface area contributed by atoms with Crippen LogP contribution in [0.4, 0.5) is 0 Å². The quantitative estimate of drug-likeness (QED) is 0.623. The molecule has 1 fully saturated rings. The molecular weight excluding hydrogens is 172 g/mol. The van der Waals surface area contributed by atoms with Gasteiger partial charge in [0, 0.05) is 12.8 Å². The van der Waals surface area contributed by atoms with Crippen molar-refractivity contribution in [3.05, 3.63) is 0 Å². The van der Waals surface area contributed by atoms with Gasteiger partial charge in [0.2, 0.25) is 0 Å². The van der Waals surface area contributed by atoms with Gasteiger partial charge in [-0.05, 0) is 29.6 Å². The summed E-state index contributed by atoms with van der Waals surface area (Å²) in [5, 5.41) is 0. The molecule has 0 radical (unpaired) electrons. The van der Waals surface area contributed by atoms with Crippen molar-refractivity contribution in [3.63, 3.8) is 0 Å². The molecule has 0 unspecified atom stereocenters. The normalized spacial score (nSPS) is 22.9. The van der Waals surface area contributed by atoms with E-state index >= 15 is 0 Å². The summed E-state index contributed by atoms with van der Waals surface area (Å²) < 4.78 is 0. The van der Waals surface area contributed by atoms with Crippen LogP contribution in [0.3, 0.4) is 0 Å². The van der Waals surface area contributed by atoms with E-state index in [1.165, 1.54) is 0 Å². The second-order valence-corrected chi connectivity index (χ2v) is 6.10. The second-order valence-electron chi connectivity index (χ2n) is 6.10. The number of Topliss-reactive ketones (excluding diaryl/α,β-unsaturated/α-hetero) is 1. The molecule has 0 spiro atoms. The minimum Gasteiger partial charge on any atom is -0.300 e. The molecule has 0 amide bonds. The Morgan fingerprint density at radius 2 is 1.57 bits per heavy atom. The van der Waals surface area contributed by atoms with Crippen molar-refractivity contribution in [3.8, 4) is 0 Å². The molecule has 0 heterocycles. The molecule has 0 bridgehead atoms. The Morgan fingerprint density at radius 3 is 1.86 bits per heavy atom. The zero-order valence-corrected chi connectivity index (χ0v) is 10.3. The standard InChI is InChI=1S/C13H24O/c1-10(2)13(12(3,4)5)8-6-11(14)7-9-13/h10H,6-9H2,1-5H3. The first-order chi connectivity index (χ1) is 6.29. The molecule has 0 aromatic carbocycles. The molecule has 14 heavy (non-hydrogen) atoms. The summed E-state index contributed by atoms with van der Waals surface area (Å²) in [6.07, 6.45) is 3.78. The minimum absolute atomic E-state index is 0.321. The van der Waals surface area contributed by atoms with Crippen LogP contribution < -0.4 is 0 Å². The molecule has 1 aliphatic rings. The summed E-state index contributed by atoms with van der Waals surface area (Å²) >= 11 is 0. The van der Waals surface area contributed by atoms with Crippen molar-refractivity contribution >= 4 is 5.78 Å². The van der Waals surface area contributed by atoms with Gasteiger partial charge >= 0.3 is 0 Å². The lowest BCUT2D eigenvalue weighted by molar-refractivity contribution is -0.126. The highest BCUT2D eigenvalue weighted by Gasteiger charge is 2.45. The molecule has 1 rings (SSSR count). The van der Waals surface area contributed by atoms with Gasteiger partial charge in [-0.2, -0.15) is 0 Å². The van der Waals surface area contributed by atoms with Crippen LogP contribution in [0.2, 0.25) is 0 Å².